The van der Waals surface area contributed by atoms with E-state index >= 15 is 0 Å². The average molecular weight is 280 g/mol. The van der Waals surface area contributed by atoms with Gasteiger partial charge in [-0.1, -0.05) is 30.2 Å². The van der Waals surface area contributed by atoms with Gasteiger partial charge in [0, 0.05) is 5.71 Å². The van der Waals surface area contributed by atoms with E-state index in [9.17, 15) is 4.79 Å². The Balaban J connectivity index is 1.77. The molecule has 19 heavy (non-hydrogen) atoms. The monoisotopic (exact) mass is 279 g/mol. The molecule has 1 aromatic carbocycles. The second-order valence-corrected chi connectivity index (χ2v) is 5.01. The number of nitrogens with one attached hydrogen (secondary N) is 2. The maximum Gasteiger partial charge on any atom is 0.259 e. The third kappa shape index (κ3) is 4.56. The van der Waals surface area contributed by atoms with Crippen molar-refractivity contribution in [3.63, 3.8) is 0 Å². The van der Waals surface area contributed by atoms with Gasteiger partial charge in [0.15, 0.2) is 0 Å². The number of carbonyl (C=O) groups is 1. The van der Waals surface area contributed by atoms with Crippen LogP contribution in [0.2, 0.25) is 5.02 Å². The van der Waals surface area contributed by atoms with Gasteiger partial charge in [0.1, 0.15) is 0 Å². The molecule has 1 amide bonds. The molecule has 0 spiro atoms. The molecular weight excluding hydrogens is 262 g/mol. The van der Waals surface area contributed by atoms with E-state index < -0.39 is 0 Å². The number of hydrazone groups is 1. The highest BCUT2D eigenvalue weighted by molar-refractivity contribution is 6.33. The predicted molar refractivity (Wildman–Crippen MR) is 78.6 cm³/mol. The highest BCUT2D eigenvalue weighted by Gasteiger charge is 2.07. The maximum absolute atomic E-state index is 11.6. The van der Waals surface area contributed by atoms with Crippen LogP contribution in [0.4, 0.5) is 5.69 Å². The molecule has 0 radical (unpaired) electrons. The lowest BCUT2D eigenvalue weighted by Gasteiger charge is -2.12. The van der Waals surface area contributed by atoms with Gasteiger partial charge in [-0.3, -0.25) is 4.79 Å². The summed E-state index contributed by atoms with van der Waals surface area (Å²) in [5, 5.41) is 7.75. The lowest BCUT2D eigenvalue weighted by molar-refractivity contribution is -0.119. The van der Waals surface area contributed by atoms with Crippen molar-refractivity contribution in [1.82, 2.24) is 5.43 Å². The van der Waals surface area contributed by atoms with Crippen molar-refractivity contribution >= 4 is 28.9 Å². The van der Waals surface area contributed by atoms with E-state index in [-0.39, 0.29) is 12.5 Å². The number of anilines is 1. The fourth-order valence-corrected chi connectivity index (χ4v) is 2.24. The Morgan fingerprint density at radius 3 is 2.68 bits per heavy atom. The molecule has 2 N–H and O–H groups in total. The quantitative estimate of drug-likeness (QED) is 0.832. The van der Waals surface area contributed by atoms with Gasteiger partial charge in [0.25, 0.3) is 5.91 Å². The Morgan fingerprint density at radius 1 is 1.21 bits per heavy atom. The van der Waals surface area contributed by atoms with Crippen molar-refractivity contribution in [3.05, 3.63) is 29.3 Å². The lowest BCUT2D eigenvalue weighted by atomic mass is 9.99. The summed E-state index contributed by atoms with van der Waals surface area (Å²) in [7, 11) is 0. The fraction of sp³-hybridized carbons (Fsp3) is 0.429. The first-order valence-electron chi connectivity index (χ1n) is 6.58. The Kier molecular flexibility index (Phi) is 5.21. The Morgan fingerprint density at radius 2 is 1.95 bits per heavy atom. The Bertz CT molecular complexity index is 466. The van der Waals surface area contributed by atoms with Crippen LogP contribution in [-0.2, 0) is 4.79 Å². The summed E-state index contributed by atoms with van der Waals surface area (Å²) in [6.07, 6.45) is 5.61. The van der Waals surface area contributed by atoms with Crippen LogP contribution in [0.1, 0.15) is 32.1 Å². The molecule has 1 saturated carbocycles. The van der Waals surface area contributed by atoms with E-state index in [4.69, 9.17) is 11.6 Å². The Labute approximate surface area is 118 Å². The number of para-hydroxylation sites is 1. The van der Waals surface area contributed by atoms with Gasteiger partial charge < -0.3 is 5.32 Å². The molecule has 1 aliphatic carbocycles. The molecule has 2 rings (SSSR count). The average Bonchev–Trinajstić information content (AvgIpc) is 2.45. The van der Waals surface area contributed by atoms with E-state index in [1.54, 1.807) is 6.07 Å². The summed E-state index contributed by atoms with van der Waals surface area (Å²) in [5.74, 6) is -0.155. The van der Waals surface area contributed by atoms with Crippen LogP contribution < -0.4 is 10.7 Å². The topological polar surface area (TPSA) is 53.5 Å². The van der Waals surface area contributed by atoms with E-state index in [0.717, 1.165) is 24.2 Å². The fourth-order valence-electron chi connectivity index (χ4n) is 2.03. The van der Waals surface area contributed by atoms with Crippen molar-refractivity contribution in [2.45, 2.75) is 32.1 Å². The molecule has 0 heterocycles. The van der Waals surface area contributed by atoms with Crippen molar-refractivity contribution in [1.29, 1.82) is 0 Å². The van der Waals surface area contributed by atoms with Crippen molar-refractivity contribution < 1.29 is 4.79 Å². The van der Waals surface area contributed by atoms with Gasteiger partial charge in [-0.25, -0.2) is 5.43 Å². The van der Waals surface area contributed by atoms with Gasteiger partial charge in [0.05, 0.1) is 17.3 Å². The second-order valence-electron chi connectivity index (χ2n) is 4.61. The van der Waals surface area contributed by atoms with Crippen molar-refractivity contribution in [3.8, 4) is 0 Å². The van der Waals surface area contributed by atoms with E-state index in [2.05, 4.69) is 15.8 Å². The summed E-state index contributed by atoms with van der Waals surface area (Å²) in [6, 6.07) is 7.34. The van der Waals surface area contributed by atoms with Crippen LogP contribution in [-0.4, -0.2) is 18.2 Å². The smallest absolute Gasteiger partial charge is 0.259 e. The van der Waals surface area contributed by atoms with Crippen LogP contribution >= 0.6 is 11.6 Å². The minimum Gasteiger partial charge on any atom is -0.375 e. The molecule has 0 bridgehead atoms. The number of benzene rings is 1. The van der Waals surface area contributed by atoms with Crippen molar-refractivity contribution in [2.75, 3.05) is 11.9 Å². The first-order chi connectivity index (χ1) is 9.25. The molecule has 0 aromatic heterocycles. The number of halogens is 1. The van der Waals surface area contributed by atoms with Crippen LogP contribution in [0.3, 0.4) is 0 Å². The van der Waals surface area contributed by atoms with Crippen LogP contribution in [0.15, 0.2) is 29.4 Å². The zero-order valence-corrected chi connectivity index (χ0v) is 11.5. The number of amides is 1. The van der Waals surface area contributed by atoms with Crippen LogP contribution in [0.25, 0.3) is 0 Å². The molecular formula is C14H18ClN3O. The number of carbonyl (C=O) groups excluding carboxylic acids is 1. The minimum atomic E-state index is -0.155. The van der Waals surface area contributed by atoms with Crippen LogP contribution in [0.5, 0.6) is 0 Å². The summed E-state index contributed by atoms with van der Waals surface area (Å²) in [6.45, 7) is 0.167. The van der Waals surface area contributed by atoms with Gasteiger partial charge in [-0.05, 0) is 37.8 Å². The first-order valence-corrected chi connectivity index (χ1v) is 6.96. The van der Waals surface area contributed by atoms with E-state index in [1.165, 1.54) is 19.3 Å². The van der Waals surface area contributed by atoms with Gasteiger partial charge in [-0.15, -0.1) is 0 Å². The number of hydrogen-bond donors (Lipinski definition) is 2. The summed E-state index contributed by atoms with van der Waals surface area (Å²) in [5.41, 5.74) is 4.43. The van der Waals surface area contributed by atoms with E-state index in [1.807, 2.05) is 18.2 Å². The second kappa shape index (κ2) is 7.14. The molecule has 0 atom stereocenters. The van der Waals surface area contributed by atoms with Gasteiger partial charge in [0.2, 0.25) is 0 Å². The molecule has 0 unspecified atom stereocenters. The zero-order valence-electron chi connectivity index (χ0n) is 10.8. The normalized spacial score (nSPS) is 14.9. The van der Waals surface area contributed by atoms with Gasteiger partial charge in [-0.2, -0.15) is 5.10 Å². The number of rotatable bonds is 4. The Hall–Kier alpha value is -1.55. The molecule has 1 aromatic rings. The molecule has 4 nitrogen and oxygen atoms in total. The molecule has 5 heteroatoms. The molecule has 1 fully saturated rings. The maximum atomic E-state index is 11.6. The van der Waals surface area contributed by atoms with E-state index in [0.29, 0.717) is 5.02 Å². The molecule has 102 valence electrons. The van der Waals surface area contributed by atoms with Crippen LogP contribution in [0, 0.1) is 0 Å². The summed E-state index contributed by atoms with van der Waals surface area (Å²) >= 11 is 5.98. The lowest BCUT2D eigenvalue weighted by Crippen LogP contribution is -2.27. The molecule has 1 aliphatic rings. The van der Waals surface area contributed by atoms with Gasteiger partial charge >= 0.3 is 0 Å². The SMILES string of the molecule is O=C(CNc1ccccc1Cl)NN=C1CCCCC1. The molecule has 0 saturated heterocycles. The number of nitrogens with zero attached hydrogens (tertiary/aromatic N) is 1. The highest BCUT2D eigenvalue weighted by atomic mass is 35.5. The summed E-state index contributed by atoms with van der Waals surface area (Å²) in [4.78, 5) is 11.6. The minimum absolute atomic E-state index is 0.155. The highest BCUT2D eigenvalue weighted by Crippen LogP contribution is 2.19. The summed E-state index contributed by atoms with van der Waals surface area (Å²) < 4.78 is 0. The molecule has 0 aliphatic heterocycles. The standard InChI is InChI=1S/C14H18ClN3O/c15-12-8-4-5-9-13(12)16-10-14(19)18-17-11-6-2-1-3-7-11/h4-5,8-9,16H,1-3,6-7,10H2,(H,18,19). The van der Waals surface area contributed by atoms with Crippen molar-refractivity contribution in [2.24, 2.45) is 5.10 Å². The third-order valence-corrected chi connectivity index (χ3v) is 3.41. The first kappa shape index (κ1) is 13.9. The third-order valence-electron chi connectivity index (χ3n) is 3.08. The number of hydrogen-bond acceptors (Lipinski definition) is 3. The predicted octanol–water partition coefficient (Wildman–Crippen LogP) is 3.19. The largest absolute Gasteiger partial charge is 0.375 e. The zero-order chi connectivity index (χ0) is 13.5.